The van der Waals surface area contributed by atoms with Crippen LogP contribution in [0.2, 0.25) is 0 Å². The van der Waals surface area contributed by atoms with Gasteiger partial charge in [0.1, 0.15) is 5.82 Å². The van der Waals surface area contributed by atoms with Crippen LogP contribution in [0.5, 0.6) is 0 Å². The van der Waals surface area contributed by atoms with Gasteiger partial charge in [0.05, 0.1) is 5.60 Å². The third-order valence-corrected chi connectivity index (χ3v) is 3.44. The van der Waals surface area contributed by atoms with E-state index < -0.39 is 5.60 Å². The van der Waals surface area contributed by atoms with Crippen LogP contribution < -0.4 is 0 Å². The van der Waals surface area contributed by atoms with Crippen molar-refractivity contribution in [2.45, 2.75) is 37.7 Å². The second-order valence-corrected chi connectivity index (χ2v) is 4.45. The molecule has 2 aliphatic carbocycles. The molecule has 0 radical (unpaired) electrons. The van der Waals surface area contributed by atoms with Gasteiger partial charge < -0.3 is 5.11 Å². The zero-order chi connectivity index (χ0) is 9.76. The van der Waals surface area contributed by atoms with E-state index in [0.29, 0.717) is 18.4 Å². The molecule has 0 spiro atoms. The summed E-state index contributed by atoms with van der Waals surface area (Å²) < 4.78 is 13.9. The van der Waals surface area contributed by atoms with E-state index in [9.17, 15) is 9.50 Å². The number of hydrogen-bond donors (Lipinski definition) is 1. The maximum absolute atomic E-state index is 13.9. The quantitative estimate of drug-likeness (QED) is 0.723. The first-order valence-electron chi connectivity index (χ1n) is 5.24. The first-order chi connectivity index (χ1) is 6.71. The van der Waals surface area contributed by atoms with Gasteiger partial charge in [0, 0.05) is 5.56 Å². The van der Waals surface area contributed by atoms with Crippen molar-refractivity contribution < 1.29 is 9.50 Å². The lowest BCUT2D eigenvalue weighted by Gasteiger charge is -2.12. The minimum absolute atomic E-state index is 0.139. The van der Waals surface area contributed by atoms with Gasteiger partial charge >= 0.3 is 0 Å². The molecule has 1 aromatic rings. The van der Waals surface area contributed by atoms with Crippen molar-refractivity contribution in [3.63, 3.8) is 0 Å². The van der Waals surface area contributed by atoms with Crippen molar-refractivity contribution in [1.82, 2.24) is 0 Å². The zero-order valence-electron chi connectivity index (χ0n) is 8.02. The van der Waals surface area contributed by atoms with Crippen molar-refractivity contribution in [1.29, 1.82) is 0 Å². The number of rotatable bonds is 1. The highest BCUT2D eigenvalue weighted by Crippen LogP contribution is 2.47. The Morgan fingerprint density at radius 2 is 2.00 bits per heavy atom. The van der Waals surface area contributed by atoms with Crippen molar-refractivity contribution in [3.8, 4) is 0 Å². The number of aryl methyl sites for hydroxylation is 1. The minimum atomic E-state index is -0.832. The Hall–Kier alpha value is -0.890. The van der Waals surface area contributed by atoms with Crippen molar-refractivity contribution in [2.75, 3.05) is 0 Å². The van der Waals surface area contributed by atoms with Gasteiger partial charge in [-0.3, -0.25) is 0 Å². The SMILES string of the molecule is OC1(c2ccc3c(c2F)CCC3)CC1. The number of halogens is 1. The average Bonchev–Trinajstić information content (AvgIpc) is 2.75. The summed E-state index contributed by atoms with van der Waals surface area (Å²) in [5.41, 5.74) is 1.68. The van der Waals surface area contributed by atoms with Crippen LogP contribution in [0.4, 0.5) is 4.39 Å². The van der Waals surface area contributed by atoms with Crippen LogP contribution in [0.1, 0.15) is 36.0 Å². The molecule has 0 heterocycles. The summed E-state index contributed by atoms with van der Waals surface area (Å²) in [6, 6.07) is 3.75. The predicted octanol–water partition coefficient (Wildman–Crippen LogP) is 2.30. The molecule has 2 aliphatic rings. The fourth-order valence-corrected chi connectivity index (χ4v) is 2.37. The van der Waals surface area contributed by atoms with Crippen LogP contribution in [0.15, 0.2) is 12.1 Å². The van der Waals surface area contributed by atoms with Gasteiger partial charge in [0.15, 0.2) is 0 Å². The minimum Gasteiger partial charge on any atom is -0.385 e. The summed E-state index contributed by atoms with van der Waals surface area (Å²) in [6.45, 7) is 0. The predicted molar refractivity (Wildman–Crippen MR) is 51.6 cm³/mol. The Labute approximate surface area is 82.6 Å². The van der Waals surface area contributed by atoms with E-state index in [1.165, 1.54) is 0 Å². The maximum Gasteiger partial charge on any atom is 0.132 e. The number of aliphatic hydroxyl groups is 1. The van der Waals surface area contributed by atoms with Crippen LogP contribution in [0, 0.1) is 5.82 Å². The molecule has 0 saturated heterocycles. The van der Waals surface area contributed by atoms with Crippen LogP contribution in [0.3, 0.4) is 0 Å². The summed E-state index contributed by atoms with van der Waals surface area (Å²) in [5.74, 6) is -0.139. The van der Waals surface area contributed by atoms with Crippen LogP contribution in [-0.2, 0) is 18.4 Å². The molecule has 14 heavy (non-hydrogen) atoms. The Bertz CT molecular complexity index is 394. The van der Waals surface area contributed by atoms with Gasteiger partial charge in [-0.2, -0.15) is 0 Å². The molecule has 0 unspecified atom stereocenters. The molecular weight excluding hydrogens is 179 g/mol. The largest absolute Gasteiger partial charge is 0.385 e. The molecule has 1 nitrogen and oxygen atoms in total. The molecule has 1 fully saturated rings. The third-order valence-electron chi connectivity index (χ3n) is 3.44. The fraction of sp³-hybridized carbons (Fsp3) is 0.500. The monoisotopic (exact) mass is 192 g/mol. The summed E-state index contributed by atoms with van der Waals surface area (Å²) in [5, 5.41) is 9.87. The van der Waals surface area contributed by atoms with Gasteiger partial charge in [-0.25, -0.2) is 4.39 Å². The van der Waals surface area contributed by atoms with Gasteiger partial charge in [-0.1, -0.05) is 12.1 Å². The summed E-state index contributed by atoms with van der Waals surface area (Å²) in [6.07, 6.45) is 4.30. The summed E-state index contributed by atoms with van der Waals surface area (Å²) >= 11 is 0. The summed E-state index contributed by atoms with van der Waals surface area (Å²) in [4.78, 5) is 0. The molecular formula is C12H13FO. The Balaban J connectivity index is 2.15. The van der Waals surface area contributed by atoms with E-state index in [1.807, 2.05) is 6.07 Å². The third kappa shape index (κ3) is 1.04. The topological polar surface area (TPSA) is 20.2 Å². The highest BCUT2D eigenvalue weighted by molar-refractivity contribution is 5.41. The van der Waals surface area contributed by atoms with Gasteiger partial charge in [0.2, 0.25) is 0 Å². The molecule has 0 aliphatic heterocycles. The zero-order valence-corrected chi connectivity index (χ0v) is 8.02. The number of benzene rings is 1. The van der Waals surface area contributed by atoms with Crippen molar-refractivity contribution >= 4 is 0 Å². The molecule has 1 saturated carbocycles. The molecule has 1 aromatic carbocycles. The van der Waals surface area contributed by atoms with E-state index in [4.69, 9.17) is 0 Å². The Morgan fingerprint density at radius 3 is 2.71 bits per heavy atom. The average molecular weight is 192 g/mol. The van der Waals surface area contributed by atoms with E-state index in [1.54, 1.807) is 6.07 Å². The van der Waals surface area contributed by atoms with Crippen molar-refractivity contribution in [3.05, 3.63) is 34.6 Å². The molecule has 3 rings (SSSR count). The fourth-order valence-electron chi connectivity index (χ4n) is 2.37. The smallest absolute Gasteiger partial charge is 0.132 e. The van der Waals surface area contributed by atoms with E-state index in [0.717, 1.165) is 30.4 Å². The lowest BCUT2D eigenvalue weighted by Crippen LogP contribution is -2.09. The summed E-state index contributed by atoms with van der Waals surface area (Å²) in [7, 11) is 0. The second kappa shape index (κ2) is 2.57. The Kier molecular flexibility index (Phi) is 1.55. The van der Waals surface area contributed by atoms with Crippen LogP contribution in [-0.4, -0.2) is 5.11 Å². The number of hydrogen-bond acceptors (Lipinski definition) is 1. The number of fused-ring (bicyclic) bond motifs is 1. The normalized spacial score (nSPS) is 22.1. The molecule has 0 amide bonds. The van der Waals surface area contributed by atoms with E-state index in [2.05, 4.69) is 0 Å². The van der Waals surface area contributed by atoms with E-state index >= 15 is 0 Å². The molecule has 0 bridgehead atoms. The molecule has 74 valence electrons. The Morgan fingerprint density at radius 1 is 1.21 bits per heavy atom. The lowest BCUT2D eigenvalue weighted by molar-refractivity contribution is 0.146. The highest BCUT2D eigenvalue weighted by Gasteiger charge is 2.44. The molecule has 0 atom stereocenters. The van der Waals surface area contributed by atoms with Crippen molar-refractivity contribution in [2.24, 2.45) is 0 Å². The van der Waals surface area contributed by atoms with Gasteiger partial charge in [-0.05, 0) is 43.2 Å². The first-order valence-corrected chi connectivity index (χ1v) is 5.24. The highest BCUT2D eigenvalue weighted by atomic mass is 19.1. The molecule has 0 aromatic heterocycles. The maximum atomic E-state index is 13.9. The second-order valence-electron chi connectivity index (χ2n) is 4.45. The van der Waals surface area contributed by atoms with Gasteiger partial charge in [-0.15, -0.1) is 0 Å². The molecule has 2 heteroatoms. The van der Waals surface area contributed by atoms with Gasteiger partial charge in [0.25, 0.3) is 0 Å². The first kappa shape index (κ1) is 8.42. The lowest BCUT2D eigenvalue weighted by atomic mass is 10.0. The van der Waals surface area contributed by atoms with E-state index in [-0.39, 0.29) is 5.82 Å². The molecule has 1 N–H and O–H groups in total. The van der Waals surface area contributed by atoms with Crippen LogP contribution in [0.25, 0.3) is 0 Å². The standard InChI is InChI=1S/C12H13FO/c13-11-9-3-1-2-8(9)4-5-10(11)12(14)6-7-12/h4-5,14H,1-3,6-7H2. The van der Waals surface area contributed by atoms with Crippen LogP contribution >= 0.6 is 0 Å².